The van der Waals surface area contributed by atoms with Crippen molar-refractivity contribution in [3.05, 3.63) is 40.3 Å². The number of aromatic nitrogens is 1. The Bertz CT molecular complexity index is 552. The Hall–Kier alpha value is -1.76. The van der Waals surface area contributed by atoms with Crippen LogP contribution in [0.15, 0.2) is 29.8 Å². The van der Waals surface area contributed by atoms with Gasteiger partial charge in [-0.15, -0.1) is 11.3 Å². The highest BCUT2D eigenvalue weighted by Gasteiger charge is 2.34. The van der Waals surface area contributed by atoms with Gasteiger partial charge in [0.05, 0.1) is 11.6 Å². The molecule has 0 aliphatic heterocycles. The van der Waals surface area contributed by atoms with Crippen LogP contribution in [0.2, 0.25) is 0 Å². The molecule has 0 saturated carbocycles. The fourth-order valence-corrected chi connectivity index (χ4v) is 2.31. The molecule has 0 saturated heterocycles. The summed E-state index contributed by atoms with van der Waals surface area (Å²) in [4.78, 5) is 4.07. The summed E-state index contributed by atoms with van der Waals surface area (Å²) in [6.07, 6.45) is -2.83. The van der Waals surface area contributed by atoms with Gasteiger partial charge in [0, 0.05) is 23.0 Å². The molecule has 0 amide bonds. The summed E-state index contributed by atoms with van der Waals surface area (Å²) >= 11 is 1.39. The maximum atomic E-state index is 12.9. The normalized spacial score (nSPS) is 13.3. The number of halogens is 3. The molecule has 0 fully saturated rings. The fraction of sp³-hybridized carbons (Fsp3) is 0.250. The number of anilines is 2. The van der Waals surface area contributed by atoms with Gasteiger partial charge in [-0.25, -0.2) is 4.98 Å². The zero-order valence-electron chi connectivity index (χ0n) is 10.0. The van der Waals surface area contributed by atoms with Crippen LogP contribution >= 0.6 is 11.3 Å². The van der Waals surface area contributed by atoms with E-state index < -0.39 is 11.7 Å². The number of nitrogen functional groups attached to an aromatic ring is 1. The number of thiazole rings is 1. The summed E-state index contributed by atoms with van der Waals surface area (Å²) in [6, 6.07) is 3.40. The van der Waals surface area contributed by atoms with Crippen molar-refractivity contribution in [1.29, 1.82) is 0 Å². The topological polar surface area (TPSA) is 50.9 Å². The molecule has 0 aliphatic carbocycles. The minimum absolute atomic E-state index is 0.00407. The van der Waals surface area contributed by atoms with Crippen LogP contribution < -0.4 is 11.1 Å². The quantitative estimate of drug-likeness (QED) is 0.841. The van der Waals surface area contributed by atoms with Gasteiger partial charge in [-0.2, -0.15) is 13.2 Å². The molecular formula is C12H12F3N3S. The molecule has 0 bridgehead atoms. The third kappa shape index (κ3) is 3.17. The van der Waals surface area contributed by atoms with Crippen LogP contribution in [0.1, 0.15) is 23.5 Å². The molecule has 7 heteroatoms. The Labute approximate surface area is 112 Å². The Balaban J connectivity index is 2.30. The summed E-state index contributed by atoms with van der Waals surface area (Å²) in [5, 5.41) is 5.32. The lowest BCUT2D eigenvalue weighted by Crippen LogP contribution is -2.13. The van der Waals surface area contributed by atoms with E-state index in [4.69, 9.17) is 5.73 Å². The molecule has 3 nitrogen and oxygen atoms in total. The van der Waals surface area contributed by atoms with Gasteiger partial charge in [0.1, 0.15) is 5.01 Å². The highest BCUT2D eigenvalue weighted by molar-refractivity contribution is 7.09. The van der Waals surface area contributed by atoms with Crippen molar-refractivity contribution < 1.29 is 13.2 Å². The largest absolute Gasteiger partial charge is 0.418 e. The number of benzene rings is 1. The van der Waals surface area contributed by atoms with Crippen LogP contribution in [0.3, 0.4) is 0 Å². The van der Waals surface area contributed by atoms with Crippen LogP contribution in [-0.2, 0) is 6.18 Å². The second kappa shape index (κ2) is 5.08. The third-order valence-corrected chi connectivity index (χ3v) is 3.50. The molecule has 1 aromatic heterocycles. The van der Waals surface area contributed by atoms with Crippen molar-refractivity contribution in [1.82, 2.24) is 4.98 Å². The molecular weight excluding hydrogens is 275 g/mol. The molecule has 1 unspecified atom stereocenters. The van der Waals surface area contributed by atoms with Crippen molar-refractivity contribution in [2.45, 2.75) is 19.1 Å². The number of alkyl halides is 3. The van der Waals surface area contributed by atoms with E-state index in [1.807, 2.05) is 0 Å². The zero-order chi connectivity index (χ0) is 14.0. The number of rotatable bonds is 3. The monoisotopic (exact) mass is 287 g/mol. The zero-order valence-corrected chi connectivity index (χ0v) is 10.8. The average molecular weight is 287 g/mol. The molecule has 1 atom stereocenters. The Morgan fingerprint density at radius 3 is 2.68 bits per heavy atom. The van der Waals surface area contributed by atoms with Gasteiger partial charge in [-0.3, -0.25) is 0 Å². The van der Waals surface area contributed by atoms with Crippen LogP contribution in [0.4, 0.5) is 24.5 Å². The Morgan fingerprint density at radius 1 is 1.37 bits per heavy atom. The van der Waals surface area contributed by atoms with Gasteiger partial charge in [0.15, 0.2) is 0 Å². The van der Waals surface area contributed by atoms with Gasteiger partial charge >= 0.3 is 6.18 Å². The van der Waals surface area contributed by atoms with E-state index in [0.29, 0.717) is 0 Å². The maximum Gasteiger partial charge on any atom is 0.418 e. The van der Waals surface area contributed by atoms with Gasteiger partial charge < -0.3 is 11.1 Å². The maximum absolute atomic E-state index is 12.9. The molecule has 102 valence electrons. The van der Waals surface area contributed by atoms with Crippen LogP contribution in [0.5, 0.6) is 0 Å². The summed E-state index contributed by atoms with van der Waals surface area (Å²) in [7, 11) is 0. The SMILES string of the molecule is CC(Nc1ccc(N)cc1C(F)(F)F)c1nccs1. The van der Waals surface area contributed by atoms with Gasteiger partial charge in [-0.05, 0) is 25.1 Å². The van der Waals surface area contributed by atoms with E-state index in [0.717, 1.165) is 11.1 Å². The van der Waals surface area contributed by atoms with E-state index in [-0.39, 0.29) is 17.4 Å². The number of nitrogens with zero attached hydrogens (tertiary/aromatic N) is 1. The third-order valence-electron chi connectivity index (χ3n) is 2.54. The molecule has 1 aromatic carbocycles. The van der Waals surface area contributed by atoms with E-state index in [2.05, 4.69) is 10.3 Å². The first-order chi connectivity index (χ1) is 8.88. The number of hydrogen-bond acceptors (Lipinski definition) is 4. The minimum atomic E-state index is -4.44. The van der Waals surface area contributed by atoms with E-state index >= 15 is 0 Å². The smallest absolute Gasteiger partial charge is 0.399 e. The first-order valence-electron chi connectivity index (χ1n) is 5.50. The van der Waals surface area contributed by atoms with E-state index in [9.17, 15) is 13.2 Å². The van der Waals surface area contributed by atoms with Crippen LogP contribution in [0, 0.1) is 0 Å². The summed E-state index contributed by atoms with van der Waals surface area (Å²) < 4.78 is 38.7. The highest BCUT2D eigenvalue weighted by atomic mass is 32.1. The van der Waals surface area contributed by atoms with Crippen LogP contribution in [0.25, 0.3) is 0 Å². The predicted octanol–water partition coefficient (Wildman–Crippen LogP) is 3.92. The van der Waals surface area contributed by atoms with Gasteiger partial charge in [0.2, 0.25) is 0 Å². The lowest BCUT2D eigenvalue weighted by Gasteiger charge is -2.18. The van der Waals surface area contributed by atoms with Gasteiger partial charge in [0.25, 0.3) is 0 Å². The number of hydrogen-bond donors (Lipinski definition) is 2. The Kier molecular flexibility index (Phi) is 3.66. The van der Waals surface area contributed by atoms with Crippen molar-refractivity contribution >= 4 is 22.7 Å². The predicted molar refractivity (Wildman–Crippen MR) is 70.0 cm³/mol. The lowest BCUT2D eigenvalue weighted by atomic mass is 10.1. The highest BCUT2D eigenvalue weighted by Crippen LogP contribution is 2.37. The molecule has 0 radical (unpaired) electrons. The molecule has 1 heterocycles. The molecule has 2 rings (SSSR count). The molecule has 2 aromatic rings. The summed E-state index contributed by atoms with van der Waals surface area (Å²) in [5.41, 5.74) is 4.73. The Morgan fingerprint density at radius 2 is 2.11 bits per heavy atom. The molecule has 19 heavy (non-hydrogen) atoms. The lowest BCUT2D eigenvalue weighted by molar-refractivity contribution is -0.136. The average Bonchev–Trinajstić information content (AvgIpc) is 2.83. The molecule has 3 N–H and O–H groups in total. The second-order valence-corrected chi connectivity index (χ2v) is 4.97. The summed E-state index contributed by atoms with van der Waals surface area (Å²) in [6.45, 7) is 1.76. The summed E-state index contributed by atoms with van der Waals surface area (Å²) in [5.74, 6) is 0. The minimum Gasteiger partial charge on any atom is -0.399 e. The van der Waals surface area contributed by atoms with Crippen molar-refractivity contribution in [2.24, 2.45) is 0 Å². The first kappa shape index (κ1) is 13.7. The van der Waals surface area contributed by atoms with E-state index in [1.54, 1.807) is 18.5 Å². The second-order valence-electron chi connectivity index (χ2n) is 4.04. The number of nitrogens with one attached hydrogen (secondary N) is 1. The molecule has 0 spiro atoms. The van der Waals surface area contributed by atoms with Crippen LogP contribution in [-0.4, -0.2) is 4.98 Å². The van der Waals surface area contributed by atoms with Crippen molar-refractivity contribution in [3.8, 4) is 0 Å². The van der Waals surface area contributed by atoms with Gasteiger partial charge in [-0.1, -0.05) is 0 Å². The fourth-order valence-electron chi connectivity index (χ4n) is 1.67. The van der Waals surface area contributed by atoms with E-state index in [1.165, 1.54) is 23.5 Å². The molecule has 0 aliphatic rings. The number of nitrogens with two attached hydrogens (primary N) is 1. The van der Waals surface area contributed by atoms with Crippen molar-refractivity contribution in [3.63, 3.8) is 0 Å². The first-order valence-corrected chi connectivity index (χ1v) is 6.38. The standard InChI is InChI=1S/C12H12F3N3S/c1-7(11-17-4-5-19-11)18-10-3-2-8(16)6-9(10)12(13,14)15/h2-7,18H,16H2,1H3. The van der Waals surface area contributed by atoms with Crippen molar-refractivity contribution in [2.75, 3.05) is 11.1 Å².